The normalized spacial score (nSPS) is 11.6. The molecule has 0 saturated carbocycles. The molecule has 1 aromatic carbocycles. The van der Waals surface area contributed by atoms with Crippen molar-refractivity contribution in [1.29, 1.82) is 0 Å². The molecular formula is C18H24N4O2. The highest BCUT2D eigenvalue weighted by molar-refractivity contribution is 5.67. The van der Waals surface area contributed by atoms with E-state index in [0.717, 1.165) is 17.1 Å². The van der Waals surface area contributed by atoms with Crippen LogP contribution in [0.5, 0.6) is 5.75 Å². The van der Waals surface area contributed by atoms with Gasteiger partial charge in [-0.3, -0.25) is 0 Å². The van der Waals surface area contributed by atoms with Gasteiger partial charge < -0.3 is 20.5 Å². The van der Waals surface area contributed by atoms with Gasteiger partial charge in [-0.25, -0.2) is 9.97 Å². The predicted octanol–water partition coefficient (Wildman–Crippen LogP) is 3.71. The number of aryl methyl sites for hydroxylation is 1. The first-order chi connectivity index (χ1) is 11.3. The average molecular weight is 328 g/mol. The number of hydrogen-bond acceptors (Lipinski definition) is 6. The summed E-state index contributed by atoms with van der Waals surface area (Å²) in [5, 5.41) is 16.5. The minimum atomic E-state index is -1.03. The maximum Gasteiger partial charge on any atom is 0.227 e. The van der Waals surface area contributed by atoms with Crippen LogP contribution in [0.2, 0.25) is 0 Å². The molecule has 6 heteroatoms. The molecule has 24 heavy (non-hydrogen) atoms. The third kappa shape index (κ3) is 4.45. The van der Waals surface area contributed by atoms with Crippen LogP contribution in [-0.4, -0.2) is 22.2 Å². The summed E-state index contributed by atoms with van der Waals surface area (Å²) in [6.07, 6.45) is 3.74. The van der Waals surface area contributed by atoms with Crippen LogP contribution in [0.3, 0.4) is 0 Å². The summed E-state index contributed by atoms with van der Waals surface area (Å²) in [4.78, 5) is 8.76. The molecule has 6 nitrogen and oxygen atoms in total. The minimum Gasteiger partial charge on any atom is -0.494 e. The molecule has 0 unspecified atom stereocenters. The zero-order valence-electron chi connectivity index (χ0n) is 14.7. The maximum atomic E-state index is 10.2. The zero-order chi connectivity index (χ0) is 17.7. The van der Waals surface area contributed by atoms with Crippen molar-refractivity contribution in [2.75, 3.05) is 17.7 Å². The third-order valence-corrected chi connectivity index (χ3v) is 3.34. The van der Waals surface area contributed by atoms with E-state index in [-0.39, 0.29) is 0 Å². The number of allylic oxidation sites excluding steroid dienone is 1. The number of methoxy groups -OCH3 is 1. The molecule has 0 aliphatic heterocycles. The lowest BCUT2D eigenvalue weighted by molar-refractivity contribution is 0.0737. The van der Waals surface area contributed by atoms with E-state index in [9.17, 15) is 5.11 Å². The van der Waals surface area contributed by atoms with Crippen LogP contribution in [0.1, 0.15) is 32.2 Å². The van der Waals surface area contributed by atoms with E-state index in [1.807, 2.05) is 44.3 Å². The van der Waals surface area contributed by atoms with Crippen molar-refractivity contribution in [2.24, 2.45) is 0 Å². The largest absolute Gasteiger partial charge is 0.494 e. The Balaban J connectivity index is 2.29. The van der Waals surface area contributed by atoms with Crippen molar-refractivity contribution in [3.05, 3.63) is 47.9 Å². The van der Waals surface area contributed by atoms with Crippen molar-refractivity contribution >= 4 is 17.3 Å². The molecule has 0 bridgehead atoms. The second-order valence-electron chi connectivity index (χ2n) is 5.96. The van der Waals surface area contributed by atoms with Gasteiger partial charge in [0.25, 0.3) is 0 Å². The lowest BCUT2D eigenvalue weighted by atomic mass is 10.0. The summed E-state index contributed by atoms with van der Waals surface area (Å²) in [6, 6.07) is 7.45. The molecule has 0 aliphatic rings. The van der Waals surface area contributed by atoms with Gasteiger partial charge in [-0.2, -0.15) is 0 Å². The lowest BCUT2D eigenvalue weighted by Crippen LogP contribution is -2.19. The van der Waals surface area contributed by atoms with E-state index < -0.39 is 5.60 Å². The van der Waals surface area contributed by atoms with E-state index >= 15 is 0 Å². The number of aliphatic hydroxyl groups is 1. The number of benzene rings is 1. The fourth-order valence-electron chi connectivity index (χ4n) is 2.13. The molecule has 0 spiro atoms. The number of nitrogens with zero attached hydrogens (tertiary/aromatic N) is 2. The van der Waals surface area contributed by atoms with Crippen LogP contribution in [-0.2, 0) is 5.60 Å². The second kappa shape index (κ2) is 7.31. The molecule has 0 amide bonds. The molecule has 0 saturated heterocycles. The van der Waals surface area contributed by atoms with Gasteiger partial charge in [0.05, 0.1) is 18.5 Å². The summed E-state index contributed by atoms with van der Waals surface area (Å²) in [5.74, 6) is 1.14. The van der Waals surface area contributed by atoms with Gasteiger partial charge in [-0.05, 0) is 52.1 Å². The van der Waals surface area contributed by atoms with Gasteiger partial charge in [0.2, 0.25) is 5.95 Å². The van der Waals surface area contributed by atoms with Crippen molar-refractivity contribution in [1.82, 2.24) is 9.97 Å². The number of anilines is 3. The van der Waals surface area contributed by atoms with Gasteiger partial charge in [0, 0.05) is 17.4 Å². The van der Waals surface area contributed by atoms with Gasteiger partial charge >= 0.3 is 0 Å². The number of ether oxygens (including phenoxy) is 1. The average Bonchev–Trinajstić information content (AvgIpc) is 2.52. The second-order valence-corrected chi connectivity index (χ2v) is 5.96. The Morgan fingerprint density at radius 1 is 1.21 bits per heavy atom. The van der Waals surface area contributed by atoms with E-state index in [4.69, 9.17) is 4.74 Å². The molecule has 0 aliphatic carbocycles. The molecular weight excluding hydrogens is 304 g/mol. The van der Waals surface area contributed by atoms with Crippen LogP contribution in [0, 0.1) is 6.92 Å². The molecule has 0 atom stereocenters. The van der Waals surface area contributed by atoms with Crippen LogP contribution in [0.4, 0.5) is 17.3 Å². The Hall–Kier alpha value is -2.60. The first-order valence-electron chi connectivity index (χ1n) is 7.75. The Morgan fingerprint density at radius 2 is 1.96 bits per heavy atom. The first kappa shape index (κ1) is 17.7. The van der Waals surface area contributed by atoms with E-state index in [0.29, 0.717) is 17.4 Å². The standard InChI is InChI=1S/C18H24N4O2/c1-6-9-19-14-8-7-13(11-15(14)24-5)21-17-20-12(2)10-16(22-17)18(3,4)23/h6-11,19,23H,1-5H3,(H,20,21,22)/b9-6+. The summed E-state index contributed by atoms with van der Waals surface area (Å²) in [6.45, 7) is 7.20. The highest BCUT2D eigenvalue weighted by Gasteiger charge is 2.19. The van der Waals surface area contributed by atoms with E-state index in [1.54, 1.807) is 27.0 Å². The number of hydrogen-bond donors (Lipinski definition) is 3. The van der Waals surface area contributed by atoms with Gasteiger partial charge in [-0.15, -0.1) is 0 Å². The van der Waals surface area contributed by atoms with Crippen LogP contribution < -0.4 is 15.4 Å². The molecule has 1 heterocycles. The molecule has 3 N–H and O–H groups in total. The van der Waals surface area contributed by atoms with E-state index in [1.165, 1.54) is 0 Å². The SMILES string of the molecule is C/C=C/Nc1ccc(Nc2nc(C)cc(C(C)(C)O)n2)cc1OC. The topological polar surface area (TPSA) is 79.3 Å². The minimum absolute atomic E-state index is 0.434. The number of aromatic nitrogens is 2. The summed E-state index contributed by atoms with van der Waals surface area (Å²) in [7, 11) is 1.62. The molecule has 2 rings (SSSR count). The van der Waals surface area contributed by atoms with Gasteiger partial charge in [-0.1, -0.05) is 6.08 Å². The fourth-order valence-corrected chi connectivity index (χ4v) is 2.13. The van der Waals surface area contributed by atoms with Crippen molar-refractivity contribution < 1.29 is 9.84 Å². The molecule has 1 aromatic heterocycles. The maximum absolute atomic E-state index is 10.2. The molecule has 0 fully saturated rings. The Labute approximate surface area is 142 Å². The molecule has 2 aromatic rings. The number of rotatable bonds is 6. The highest BCUT2D eigenvalue weighted by atomic mass is 16.5. The quantitative estimate of drug-likeness (QED) is 0.750. The monoisotopic (exact) mass is 328 g/mol. The fraction of sp³-hybridized carbons (Fsp3) is 0.333. The predicted molar refractivity (Wildman–Crippen MR) is 96.7 cm³/mol. The lowest BCUT2D eigenvalue weighted by Gasteiger charge is -2.18. The van der Waals surface area contributed by atoms with Gasteiger partial charge in [0.15, 0.2) is 0 Å². The highest BCUT2D eigenvalue weighted by Crippen LogP contribution is 2.29. The van der Waals surface area contributed by atoms with Crippen LogP contribution >= 0.6 is 0 Å². The molecule has 128 valence electrons. The third-order valence-electron chi connectivity index (χ3n) is 3.34. The Bertz CT molecular complexity index is 736. The first-order valence-corrected chi connectivity index (χ1v) is 7.75. The van der Waals surface area contributed by atoms with Crippen LogP contribution in [0.15, 0.2) is 36.5 Å². The Kier molecular flexibility index (Phi) is 5.41. The zero-order valence-corrected chi connectivity index (χ0v) is 14.7. The van der Waals surface area contributed by atoms with E-state index in [2.05, 4.69) is 20.6 Å². The van der Waals surface area contributed by atoms with Crippen molar-refractivity contribution in [2.45, 2.75) is 33.3 Å². The summed E-state index contributed by atoms with van der Waals surface area (Å²) in [5.41, 5.74) is 1.98. The smallest absolute Gasteiger partial charge is 0.227 e. The Morgan fingerprint density at radius 3 is 2.58 bits per heavy atom. The molecule has 0 radical (unpaired) electrons. The van der Waals surface area contributed by atoms with Crippen LogP contribution in [0.25, 0.3) is 0 Å². The summed E-state index contributed by atoms with van der Waals surface area (Å²) >= 11 is 0. The van der Waals surface area contributed by atoms with Gasteiger partial charge in [0.1, 0.15) is 11.4 Å². The van der Waals surface area contributed by atoms with Crippen molar-refractivity contribution in [3.63, 3.8) is 0 Å². The summed E-state index contributed by atoms with van der Waals surface area (Å²) < 4.78 is 5.41. The van der Waals surface area contributed by atoms with Crippen molar-refractivity contribution in [3.8, 4) is 5.75 Å². The number of nitrogens with one attached hydrogen (secondary N) is 2.